The molecular weight excluding hydrogens is 460 g/mol. The van der Waals surface area contributed by atoms with Gasteiger partial charge in [0.2, 0.25) is 6.04 Å². The SMILES string of the molecule is O=C1Nc2cc(Cl)ccc2[C@@]12[C@@H](c1cccc(Cl)c1F)[C@H]([N+](=O)[O-])[C@@H]1[C@H](O)C3CC3CN12. The zero-order chi connectivity index (χ0) is 22.5. The molecule has 0 aromatic heterocycles. The Balaban J connectivity index is 1.68. The molecule has 3 aliphatic heterocycles. The van der Waals surface area contributed by atoms with Crippen LogP contribution in [0.4, 0.5) is 10.1 Å². The predicted octanol–water partition coefficient (Wildman–Crippen LogP) is 3.40. The highest BCUT2D eigenvalue weighted by atomic mass is 35.5. The van der Waals surface area contributed by atoms with E-state index < -0.39 is 46.3 Å². The molecule has 4 aliphatic rings. The summed E-state index contributed by atoms with van der Waals surface area (Å²) in [4.78, 5) is 27.5. The second-order valence-corrected chi connectivity index (χ2v) is 9.94. The quantitative estimate of drug-likeness (QED) is 0.510. The van der Waals surface area contributed by atoms with Crippen LogP contribution in [0.1, 0.15) is 23.5 Å². The van der Waals surface area contributed by atoms with Crippen LogP contribution >= 0.6 is 23.2 Å². The first kappa shape index (κ1) is 20.4. The molecule has 7 nitrogen and oxygen atoms in total. The van der Waals surface area contributed by atoms with Crippen LogP contribution in [0.2, 0.25) is 10.0 Å². The number of carbonyl (C=O) groups is 1. The van der Waals surface area contributed by atoms with Crippen molar-refractivity contribution in [3.8, 4) is 0 Å². The molecule has 2 aromatic carbocycles. The van der Waals surface area contributed by atoms with Gasteiger partial charge in [-0.2, -0.15) is 0 Å². The van der Waals surface area contributed by atoms with Gasteiger partial charge in [0.1, 0.15) is 17.4 Å². The smallest absolute Gasteiger partial charge is 0.250 e. The van der Waals surface area contributed by atoms with E-state index >= 15 is 4.39 Å². The number of hydrogen-bond acceptors (Lipinski definition) is 5. The van der Waals surface area contributed by atoms with Gasteiger partial charge in [-0.3, -0.25) is 19.8 Å². The molecule has 2 N–H and O–H groups in total. The molecule has 10 heteroatoms. The van der Waals surface area contributed by atoms with Crippen LogP contribution in [0.5, 0.6) is 0 Å². The highest BCUT2D eigenvalue weighted by Crippen LogP contribution is 2.63. The van der Waals surface area contributed by atoms with Gasteiger partial charge in [-0.25, -0.2) is 4.39 Å². The van der Waals surface area contributed by atoms with Crippen molar-refractivity contribution < 1.29 is 19.2 Å². The van der Waals surface area contributed by atoms with E-state index in [1.54, 1.807) is 23.1 Å². The average molecular weight is 478 g/mol. The Morgan fingerprint density at radius 1 is 1.28 bits per heavy atom. The fraction of sp³-hybridized carbons (Fsp3) is 0.409. The summed E-state index contributed by atoms with van der Waals surface area (Å²) in [5.74, 6) is -2.39. The van der Waals surface area contributed by atoms with Crippen molar-refractivity contribution in [1.29, 1.82) is 0 Å². The Labute approximate surface area is 192 Å². The maximum Gasteiger partial charge on any atom is 0.250 e. The van der Waals surface area contributed by atoms with Gasteiger partial charge in [0, 0.05) is 33.3 Å². The number of nitro groups is 1. The minimum absolute atomic E-state index is 0.00702. The fourth-order valence-corrected chi connectivity index (χ4v) is 6.76. The molecule has 166 valence electrons. The van der Waals surface area contributed by atoms with Crippen molar-refractivity contribution in [3.05, 3.63) is 73.5 Å². The third-order valence-electron chi connectivity index (χ3n) is 7.70. The van der Waals surface area contributed by atoms with Crippen molar-refractivity contribution in [1.82, 2.24) is 4.90 Å². The molecule has 2 aromatic rings. The molecule has 1 amide bonds. The second-order valence-electron chi connectivity index (χ2n) is 9.10. The molecule has 1 spiro atoms. The lowest BCUT2D eigenvalue weighted by Crippen LogP contribution is -2.58. The molecule has 0 bridgehead atoms. The molecule has 2 saturated heterocycles. The van der Waals surface area contributed by atoms with Crippen molar-refractivity contribution in [2.24, 2.45) is 11.8 Å². The normalized spacial score (nSPS) is 37.1. The van der Waals surface area contributed by atoms with Gasteiger partial charge in [-0.1, -0.05) is 41.4 Å². The Kier molecular flexibility index (Phi) is 4.22. The molecule has 3 fully saturated rings. The first-order valence-electron chi connectivity index (χ1n) is 10.4. The summed E-state index contributed by atoms with van der Waals surface area (Å²) >= 11 is 12.2. The van der Waals surface area contributed by atoms with Crippen LogP contribution in [-0.2, 0) is 10.3 Å². The predicted molar refractivity (Wildman–Crippen MR) is 115 cm³/mol. The van der Waals surface area contributed by atoms with Gasteiger partial charge in [0.25, 0.3) is 5.91 Å². The molecule has 2 unspecified atom stereocenters. The minimum atomic E-state index is -1.57. The lowest BCUT2D eigenvalue weighted by atomic mass is 9.73. The summed E-state index contributed by atoms with van der Waals surface area (Å²) < 4.78 is 15.4. The molecule has 0 radical (unpaired) electrons. The van der Waals surface area contributed by atoms with E-state index in [4.69, 9.17) is 23.2 Å². The van der Waals surface area contributed by atoms with Crippen molar-refractivity contribution in [2.75, 3.05) is 11.9 Å². The van der Waals surface area contributed by atoms with Crippen LogP contribution in [-0.4, -0.2) is 45.6 Å². The van der Waals surface area contributed by atoms with E-state index in [9.17, 15) is 20.0 Å². The molecule has 3 heterocycles. The third-order valence-corrected chi connectivity index (χ3v) is 8.23. The van der Waals surface area contributed by atoms with E-state index in [-0.39, 0.29) is 22.4 Å². The van der Waals surface area contributed by atoms with E-state index in [2.05, 4.69) is 5.32 Å². The molecule has 32 heavy (non-hydrogen) atoms. The largest absolute Gasteiger partial charge is 0.391 e. The summed E-state index contributed by atoms with van der Waals surface area (Å²) in [5.41, 5.74) is -0.642. The third kappa shape index (κ3) is 2.41. The summed E-state index contributed by atoms with van der Waals surface area (Å²) in [7, 11) is 0. The maximum absolute atomic E-state index is 15.4. The molecular formula is C22H18Cl2FN3O4. The molecule has 6 rings (SSSR count). The Morgan fingerprint density at radius 3 is 2.81 bits per heavy atom. The Bertz CT molecular complexity index is 1200. The zero-order valence-corrected chi connectivity index (χ0v) is 18.1. The van der Waals surface area contributed by atoms with Gasteiger partial charge < -0.3 is 10.4 Å². The Hall–Kier alpha value is -2.26. The van der Waals surface area contributed by atoms with Crippen LogP contribution in [0.25, 0.3) is 0 Å². The lowest BCUT2D eigenvalue weighted by Gasteiger charge is -2.41. The van der Waals surface area contributed by atoms with Gasteiger partial charge in [0.15, 0.2) is 0 Å². The van der Waals surface area contributed by atoms with Gasteiger partial charge >= 0.3 is 0 Å². The highest BCUT2D eigenvalue weighted by molar-refractivity contribution is 6.31. The minimum Gasteiger partial charge on any atom is -0.391 e. The summed E-state index contributed by atoms with van der Waals surface area (Å²) in [5, 5.41) is 26.6. The first-order chi connectivity index (χ1) is 15.3. The van der Waals surface area contributed by atoms with E-state index in [1.165, 1.54) is 18.2 Å². The van der Waals surface area contributed by atoms with Crippen LogP contribution in [0.15, 0.2) is 36.4 Å². The number of rotatable bonds is 2. The number of nitrogens with zero attached hydrogens (tertiary/aromatic N) is 2. The van der Waals surface area contributed by atoms with Crippen LogP contribution in [0.3, 0.4) is 0 Å². The summed E-state index contributed by atoms with van der Waals surface area (Å²) in [6.45, 7) is 0.408. The van der Waals surface area contributed by atoms with Crippen molar-refractivity contribution >= 4 is 34.8 Å². The van der Waals surface area contributed by atoms with Crippen molar-refractivity contribution in [3.63, 3.8) is 0 Å². The molecule has 7 atom stereocenters. The topological polar surface area (TPSA) is 95.7 Å². The number of halogens is 3. The molecule has 1 aliphatic carbocycles. The second kappa shape index (κ2) is 6.63. The number of piperidine rings is 1. The zero-order valence-electron chi connectivity index (χ0n) is 16.5. The van der Waals surface area contributed by atoms with Gasteiger partial charge in [-0.15, -0.1) is 0 Å². The number of fused-ring (bicyclic) bond motifs is 5. The molecule has 1 saturated carbocycles. The number of benzene rings is 2. The number of anilines is 1. The number of aliphatic hydroxyl groups excluding tert-OH is 1. The lowest BCUT2D eigenvalue weighted by molar-refractivity contribution is -0.530. The summed E-state index contributed by atoms with van der Waals surface area (Å²) in [6, 6.07) is 6.84. The van der Waals surface area contributed by atoms with E-state index in [0.29, 0.717) is 22.8 Å². The number of aliphatic hydroxyl groups is 1. The van der Waals surface area contributed by atoms with Crippen molar-refractivity contribution in [2.45, 2.75) is 36.1 Å². The Morgan fingerprint density at radius 2 is 2.06 bits per heavy atom. The maximum atomic E-state index is 15.4. The highest BCUT2D eigenvalue weighted by Gasteiger charge is 2.75. The number of nitrogens with one attached hydrogen (secondary N) is 1. The van der Waals surface area contributed by atoms with E-state index in [0.717, 1.165) is 6.42 Å². The fourth-order valence-electron chi connectivity index (χ4n) is 6.40. The summed E-state index contributed by atoms with van der Waals surface area (Å²) in [6.07, 6.45) is -0.239. The van der Waals surface area contributed by atoms with E-state index in [1.807, 2.05) is 0 Å². The standard InChI is InChI=1S/C22H18Cl2FN3O4/c23-10-4-5-13-15(7-10)26-21(30)22(13)16(11-2-1-3-14(24)17(11)25)18(28(31)32)19-20(29)12-6-9(12)8-27(19)22/h1-5,7,9,12,16,18-20,29H,6,8H2,(H,26,30)/t9?,12?,16-,18-,19+,20+,22+/m0/s1. The monoisotopic (exact) mass is 477 g/mol. The number of carbonyl (C=O) groups excluding carboxylic acids is 1. The van der Waals surface area contributed by atoms with Crippen LogP contribution in [0, 0.1) is 27.8 Å². The first-order valence-corrected chi connectivity index (χ1v) is 11.2. The van der Waals surface area contributed by atoms with Gasteiger partial charge in [-0.05, 0) is 36.5 Å². The van der Waals surface area contributed by atoms with Crippen LogP contribution < -0.4 is 5.32 Å². The number of amides is 1. The average Bonchev–Trinajstić information content (AvgIpc) is 3.38. The number of hydrogen-bond donors (Lipinski definition) is 2. The van der Waals surface area contributed by atoms with Gasteiger partial charge in [0.05, 0.1) is 17.0 Å².